The monoisotopic (exact) mass is 437 g/mol. The number of carbonyl (C=O) groups is 3. The lowest BCUT2D eigenvalue weighted by molar-refractivity contribution is 0.0592. The molecule has 166 valence electrons. The molecule has 0 spiro atoms. The molecule has 0 aliphatic rings. The lowest BCUT2D eigenvalue weighted by Crippen LogP contribution is -2.43. The summed E-state index contributed by atoms with van der Waals surface area (Å²) in [6, 6.07) is 7.84. The topological polar surface area (TPSA) is 92.4 Å². The van der Waals surface area contributed by atoms with Crippen LogP contribution in [0.25, 0.3) is 0 Å². The van der Waals surface area contributed by atoms with Gasteiger partial charge in [-0.3, -0.25) is 14.6 Å². The fourth-order valence-corrected chi connectivity index (χ4v) is 3.61. The molecule has 2 aromatic heterocycles. The third-order valence-corrected chi connectivity index (χ3v) is 5.35. The highest BCUT2D eigenvalue weighted by Crippen LogP contribution is 2.23. The SMILES string of the molecule is COC(=O)c1[nH]c(C)c(C(=O)C(C)N(Cc2cccnc2)C(=O)c2ccc(F)cc2)c1C. The Bertz CT molecular complexity index is 1140. The van der Waals surface area contributed by atoms with Gasteiger partial charge in [-0.1, -0.05) is 6.07 Å². The largest absolute Gasteiger partial charge is 0.464 e. The molecule has 0 aliphatic carbocycles. The minimum absolute atomic E-state index is 0.128. The minimum atomic E-state index is -0.869. The quantitative estimate of drug-likeness (QED) is 0.448. The van der Waals surface area contributed by atoms with Gasteiger partial charge >= 0.3 is 5.97 Å². The Morgan fingerprint density at radius 3 is 2.44 bits per heavy atom. The number of aromatic nitrogens is 2. The maximum absolute atomic E-state index is 13.5. The van der Waals surface area contributed by atoms with E-state index in [1.54, 1.807) is 45.3 Å². The van der Waals surface area contributed by atoms with Crippen molar-refractivity contribution < 1.29 is 23.5 Å². The van der Waals surface area contributed by atoms with Crippen LogP contribution in [0.2, 0.25) is 0 Å². The third kappa shape index (κ3) is 4.59. The number of esters is 1. The van der Waals surface area contributed by atoms with Crippen LogP contribution in [0.15, 0.2) is 48.8 Å². The average Bonchev–Trinajstić information content (AvgIpc) is 3.10. The van der Waals surface area contributed by atoms with E-state index >= 15 is 0 Å². The van der Waals surface area contributed by atoms with E-state index in [-0.39, 0.29) is 23.6 Å². The maximum Gasteiger partial charge on any atom is 0.354 e. The number of pyridine rings is 1. The van der Waals surface area contributed by atoms with E-state index in [1.165, 1.54) is 36.3 Å². The fourth-order valence-electron chi connectivity index (χ4n) is 3.61. The number of methoxy groups -OCH3 is 1. The molecule has 3 rings (SSSR count). The number of carbonyl (C=O) groups excluding carboxylic acids is 3. The Morgan fingerprint density at radius 2 is 1.84 bits per heavy atom. The lowest BCUT2D eigenvalue weighted by Gasteiger charge is -2.29. The number of nitrogens with one attached hydrogen (secondary N) is 1. The number of Topliss-reactive ketones (excluding diaryl/α,β-unsaturated/α-hetero) is 1. The molecule has 1 N–H and O–H groups in total. The molecular weight excluding hydrogens is 413 g/mol. The number of halogens is 1. The van der Waals surface area contributed by atoms with Crippen molar-refractivity contribution in [2.45, 2.75) is 33.4 Å². The molecule has 32 heavy (non-hydrogen) atoms. The number of aromatic amines is 1. The van der Waals surface area contributed by atoms with Crippen LogP contribution < -0.4 is 0 Å². The van der Waals surface area contributed by atoms with Crippen LogP contribution in [-0.2, 0) is 11.3 Å². The van der Waals surface area contributed by atoms with Crippen LogP contribution in [-0.4, -0.2) is 45.7 Å². The van der Waals surface area contributed by atoms with Gasteiger partial charge in [0.25, 0.3) is 5.91 Å². The molecule has 7 nitrogen and oxygen atoms in total. The first kappa shape index (κ1) is 22.9. The van der Waals surface area contributed by atoms with Crippen LogP contribution in [0.4, 0.5) is 4.39 Å². The second-order valence-electron chi connectivity index (χ2n) is 7.46. The van der Waals surface area contributed by atoms with Crippen molar-refractivity contribution in [3.05, 3.63) is 88.3 Å². The molecule has 1 aromatic carbocycles. The van der Waals surface area contributed by atoms with E-state index < -0.39 is 23.7 Å². The number of nitrogens with zero attached hydrogens (tertiary/aromatic N) is 2. The summed E-state index contributed by atoms with van der Waals surface area (Å²) in [6.07, 6.45) is 3.23. The summed E-state index contributed by atoms with van der Waals surface area (Å²) in [7, 11) is 1.26. The highest BCUT2D eigenvalue weighted by Gasteiger charge is 2.32. The van der Waals surface area contributed by atoms with E-state index in [9.17, 15) is 18.8 Å². The molecule has 3 aromatic rings. The zero-order valence-electron chi connectivity index (χ0n) is 18.3. The van der Waals surface area contributed by atoms with Crippen molar-refractivity contribution >= 4 is 17.7 Å². The number of amides is 1. The van der Waals surface area contributed by atoms with Gasteiger partial charge in [0.15, 0.2) is 5.78 Å². The van der Waals surface area contributed by atoms with Crippen molar-refractivity contribution in [1.82, 2.24) is 14.9 Å². The van der Waals surface area contributed by atoms with Gasteiger partial charge in [-0.15, -0.1) is 0 Å². The molecule has 8 heteroatoms. The smallest absolute Gasteiger partial charge is 0.354 e. The van der Waals surface area contributed by atoms with Crippen LogP contribution in [0.1, 0.15) is 54.9 Å². The van der Waals surface area contributed by atoms with Crippen molar-refractivity contribution in [3.8, 4) is 0 Å². The summed E-state index contributed by atoms with van der Waals surface area (Å²) in [5, 5.41) is 0. The van der Waals surface area contributed by atoms with Gasteiger partial charge in [-0.05, 0) is 62.2 Å². The molecule has 2 heterocycles. The number of H-pyrrole nitrogens is 1. The molecule has 1 atom stereocenters. The standard InChI is InChI=1S/C24H24FN3O4/c1-14-20(15(2)27-21(14)24(31)32-4)22(29)16(3)28(13-17-6-5-11-26-12-17)23(30)18-7-9-19(25)10-8-18/h5-12,16,27H,13H2,1-4H3. The molecule has 0 bridgehead atoms. The Balaban J connectivity index is 1.99. The second-order valence-corrected chi connectivity index (χ2v) is 7.46. The molecule has 1 amide bonds. The molecular formula is C24H24FN3O4. The van der Waals surface area contributed by atoms with E-state index in [2.05, 4.69) is 9.97 Å². The van der Waals surface area contributed by atoms with E-state index in [0.717, 1.165) is 5.56 Å². The van der Waals surface area contributed by atoms with Crippen LogP contribution in [0, 0.1) is 19.7 Å². The van der Waals surface area contributed by atoms with E-state index in [4.69, 9.17) is 4.74 Å². The fraction of sp³-hybridized carbons (Fsp3) is 0.250. The van der Waals surface area contributed by atoms with E-state index in [0.29, 0.717) is 16.8 Å². The molecule has 0 aliphatic heterocycles. The zero-order chi connectivity index (χ0) is 23.4. The van der Waals surface area contributed by atoms with Gasteiger partial charge in [0.2, 0.25) is 0 Å². The summed E-state index contributed by atoms with van der Waals surface area (Å²) >= 11 is 0. The molecule has 0 saturated heterocycles. The van der Waals surface area contributed by atoms with E-state index in [1.807, 2.05) is 0 Å². The van der Waals surface area contributed by atoms with Crippen molar-refractivity contribution in [1.29, 1.82) is 0 Å². The number of ether oxygens (including phenoxy) is 1. The Morgan fingerprint density at radius 1 is 1.16 bits per heavy atom. The van der Waals surface area contributed by atoms with Gasteiger partial charge in [-0.25, -0.2) is 9.18 Å². The van der Waals surface area contributed by atoms with Gasteiger partial charge in [0.1, 0.15) is 11.5 Å². The lowest BCUT2D eigenvalue weighted by atomic mass is 9.99. The summed E-state index contributed by atoms with van der Waals surface area (Å²) in [5.74, 6) is -1.79. The predicted molar refractivity (Wildman–Crippen MR) is 116 cm³/mol. The van der Waals surface area contributed by atoms with Gasteiger partial charge in [0.05, 0.1) is 13.2 Å². The number of benzene rings is 1. The average molecular weight is 437 g/mol. The highest BCUT2D eigenvalue weighted by atomic mass is 19.1. The summed E-state index contributed by atoms with van der Waals surface area (Å²) in [5.41, 5.74) is 2.50. The second kappa shape index (κ2) is 9.55. The molecule has 0 saturated carbocycles. The predicted octanol–water partition coefficient (Wildman–Crippen LogP) is 3.87. The van der Waals surface area contributed by atoms with Crippen molar-refractivity contribution in [2.75, 3.05) is 7.11 Å². The van der Waals surface area contributed by atoms with Crippen LogP contribution >= 0.6 is 0 Å². The van der Waals surface area contributed by atoms with Crippen LogP contribution in [0.5, 0.6) is 0 Å². The molecule has 0 fully saturated rings. The molecule has 0 radical (unpaired) electrons. The first-order valence-electron chi connectivity index (χ1n) is 10.0. The first-order valence-corrected chi connectivity index (χ1v) is 10.0. The summed E-state index contributed by atoms with van der Waals surface area (Å²) in [6.45, 7) is 5.10. The summed E-state index contributed by atoms with van der Waals surface area (Å²) in [4.78, 5) is 47.2. The zero-order valence-corrected chi connectivity index (χ0v) is 18.3. The number of aryl methyl sites for hydroxylation is 1. The first-order chi connectivity index (χ1) is 15.2. The van der Waals surface area contributed by atoms with Gasteiger partial charge in [-0.2, -0.15) is 0 Å². The Hall–Kier alpha value is -3.81. The Labute approximate surface area is 185 Å². The minimum Gasteiger partial charge on any atom is -0.464 e. The molecule has 1 unspecified atom stereocenters. The summed E-state index contributed by atoms with van der Waals surface area (Å²) < 4.78 is 18.1. The highest BCUT2D eigenvalue weighted by molar-refractivity contribution is 6.07. The van der Waals surface area contributed by atoms with Crippen molar-refractivity contribution in [2.24, 2.45) is 0 Å². The Kier molecular flexibility index (Phi) is 6.82. The number of hydrogen-bond acceptors (Lipinski definition) is 5. The maximum atomic E-state index is 13.5. The normalized spacial score (nSPS) is 11.7. The number of hydrogen-bond donors (Lipinski definition) is 1. The number of rotatable bonds is 7. The van der Waals surface area contributed by atoms with Gasteiger partial charge in [0, 0.05) is 35.8 Å². The van der Waals surface area contributed by atoms with Crippen molar-refractivity contribution in [3.63, 3.8) is 0 Å². The van der Waals surface area contributed by atoms with Gasteiger partial charge < -0.3 is 14.6 Å². The van der Waals surface area contributed by atoms with Crippen LogP contribution in [0.3, 0.4) is 0 Å². The third-order valence-electron chi connectivity index (χ3n) is 5.35. The number of ketones is 1.